The van der Waals surface area contributed by atoms with E-state index >= 15 is 0 Å². The Morgan fingerprint density at radius 2 is 1.72 bits per heavy atom. The lowest BCUT2D eigenvalue weighted by molar-refractivity contribution is 0.211. The molecule has 0 spiro atoms. The number of anilines is 1. The molecule has 4 aromatic rings. The second-order valence-electron chi connectivity index (χ2n) is 7.75. The van der Waals surface area contributed by atoms with E-state index in [4.69, 9.17) is 4.98 Å². The van der Waals surface area contributed by atoms with Crippen LogP contribution in [0.1, 0.15) is 25.3 Å². The highest BCUT2D eigenvalue weighted by Gasteiger charge is 2.21. The minimum atomic E-state index is 0.390. The molecule has 1 aliphatic rings. The van der Waals surface area contributed by atoms with Crippen molar-refractivity contribution in [1.29, 1.82) is 0 Å². The first-order chi connectivity index (χ1) is 14.3. The Bertz CT molecular complexity index is 1110. The first-order valence-electron chi connectivity index (χ1n) is 10.5. The predicted molar refractivity (Wildman–Crippen MR) is 117 cm³/mol. The number of nitrogens with zero attached hydrogens (tertiary/aromatic N) is 5. The van der Waals surface area contributed by atoms with Crippen molar-refractivity contribution in [3.05, 3.63) is 60.2 Å². The van der Waals surface area contributed by atoms with Crippen LogP contribution >= 0.6 is 0 Å². The largest absolute Gasteiger partial charge is 0.350 e. The summed E-state index contributed by atoms with van der Waals surface area (Å²) in [6.45, 7) is 6.19. The van der Waals surface area contributed by atoms with Crippen molar-refractivity contribution in [1.82, 2.24) is 24.6 Å². The summed E-state index contributed by atoms with van der Waals surface area (Å²) in [7, 11) is 0. The Labute approximate surface area is 170 Å². The Morgan fingerprint density at radius 3 is 2.52 bits per heavy atom. The van der Waals surface area contributed by atoms with Gasteiger partial charge in [0.2, 0.25) is 5.95 Å². The average molecular weight is 387 g/mol. The monoisotopic (exact) mass is 386 g/mol. The van der Waals surface area contributed by atoms with Gasteiger partial charge in [-0.05, 0) is 31.4 Å². The highest BCUT2D eigenvalue weighted by Crippen LogP contribution is 2.26. The summed E-state index contributed by atoms with van der Waals surface area (Å²) < 4.78 is 2.22. The van der Waals surface area contributed by atoms with Crippen LogP contribution in [0.5, 0.6) is 0 Å². The molecular formula is C23H26N6. The number of piperidine rings is 1. The lowest BCUT2D eigenvalue weighted by Gasteiger charge is -2.32. The number of aryl methyl sites for hydroxylation is 1. The van der Waals surface area contributed by atoms with E-state index in [1.54, 1.807) is 0 Å². The molecule has 0 bridgehead atoms. The quantitative estimate of drug-likeness (QED) is 0.560. The van der Waals surface area contributed by atoms with Crippen LogP contribution in [0.25, 0.3) is 22.1 Å². The minimum Gasteiger partial charge on any atom is -0.350 e. The third-order valence-corrected chi connectivity index (χ3v) is 5.86. The Hall–Kier alpha value is -2.99. The number of para-hydroxylation sites is 1. The summed E-state index contributed by atoms with van der Waals surface area (Å²) in [4.78, 5) is 7.35. The van der Waals surface area contributed by atoms with Gasteiger partial charge in [0.15, 0.2) is 5.65 Å². The molecule has 6 nitrogen and oxygen atoms in total. The Kier molecular flexibility index (Phi) is 4.86. The van der Waals surface area contributed by atoms with Gasteiger partial charge in [-0.2, -0.15) is 4.98 Å². The van der Waals surface area contributed by atoms with E-state index in [1.165, 1.54) is 5.56 Å². The molecule has 0 atom stereocenters. The van der Waals surface area contributed by atoms with E-state index < -0.39 is 0 Å². The van der Waals surface area contributed by atoms with Crippen LogP contribution in [0, 0.1) is 0 Å². The van der Waals surface area contributed by atoms with E-state index in [0.29, 0.717) is 12.0 Å². The van der Waals surface area contributed by atoms with Crippen molar-refractivity contribution in [2.75, 3.05) is 18.4 Å². The minimum absolute atomic E-state index is 0.390. The molecule has 0 radical (unpaired) electrons. The van der Waals surface area contributed by atoms with E-state index in [9.17, 15) is 0 Å². The number of aromatic nitrogens is 4. The van der Waals surface area contributed by atoms with Gasteiger partial charge in [-0.1, -0.05) is 48.5 Å². The van der Waals surface area contributed by atoms with Gasteiger partial charge in [-0.15, -0.1) is 10.2 Å². The molecule has 29 heavy (non-hydrogen) atoms. The second-order valence-corrected chi connectivity index (χ2v) is 7.75. The SMILES string of the molecule is CCn1c2ccccc2c2nnc(NC3CCN(Cc4ccccc4)CC3)nc21. The lowest BCUT2D eigenvalue weighted by atomic mass is 10.0. The fourth-order valence-electron chi connectivity index (χ4n) is 4.34. The van der Waals surface area contributed by atoms with Crippen LogP contribution in [0.3, 0.4) is 0 Å². The maximum atomic E-state index is 4.83. The zero-order valence-electron chi connectivity index (χ0n) is 16.8. The van der Waals surface area contributed by atoms with Gasteiger partial charge in [0.1, 0.15) is 5.52 Å². The van der Waals surface area contributed by atoms with Crippen LogP contribution in [-0.2, 0) is 13.1 Å². The summed E-state index contributed by atoms with van der Waals surface area (Å²) in [6.07, 6.45) is 2.18. The van der Waals surface area contributed by atoms with Gasteiger partial charge in [0, 0.05) is 37.6 Å². The van der Waals surface area contributed by atoms with Crippen molar-refractivity contribution in [3.63, 3.8) is 0 Å². The third-order valence-electron chi connectivity index (χ3n) is 5.86. The fraction of sp³-hybridized carbons (Fsp3) is 0.348. The standard InChI is InChI=1S/C23H26N6/c1-2-29-20-11-7-6-10-19(20)21-22(29)25-23(27-26-21)24-18-12-14-28(15-13-18)16-17-8-4-3-5-9-17/h3-11,18H,2,12-16H2,1H3,(H,24,25,27). The van der Waals surface area contributed by atoms with Crippen LogP contribution in [0.4, 0.5) is 5.95 Å². The number of nitrogens with one attached hydrogen (secondary N) is 1. The Morgan fingerprint density at radius 1 is 0.966 bits per heavy atom. The number of fused-ring (bicyclic) bond motifs is 3. The third kappa shape index (κ3) is 3.56. The zero-order chi connectivity index (χ0) is 19.6. The maximum absolute atomic E-state index is 4.83. The summed E-state index contributed by atoms with van der Waals surface area (Å²) in [6, 6.07) is 19.4. The van der Waals surface area contributed by atoms with Gasteiger partial charge in [-0.3, -0.25) is 4.90 Å². The van der Waals surface area contributed by atoms with Gasteiger partial charge in [0.05, 0.1) is 5.52 Å². The number of hydrogen-bond acceptors (Lipinski definition) is 5. The lowest BCUT2D eigenvalue weighted by Crippen LogP contribution is -2.39. The number of rotatable bonds is 5. The molecule has 0 saturated carbocycles. The number of likely N-dealkylation sites (tertiary alicyclic amines) is 1. The van der Waals surface area contributed by atoms with Gasteiger partial charge in [0.25, 0.3) is 0 Å². The molecule has 5 rings (SSSR count). The molecule has 0 unspecified atom stereocenters. The van der Waals surface area contributed by atoms with E-state index in [2.05, 4.69) is 80.4 Å². The van der Waals surface area contributed by atoms with Crippen molar-refractivity contribution in [2.24, 2.45) is 0 Å². The van der Waals surface area contributed by atoms with Gasteiger partial charge < -0.3 is 9.88 Å². The smallest absolute Gasteiger partial charge is 0.244 e. The summed E-state index contributed by atoms with van der Waals surface area (Å²) in [5.41, 5.74) is 4.33. The molecule has 148 valence electrons. The molecule has 2 aromatic heterocycles. The second kappa shape index (κ2) is 7.79. The van der Waals surface area contributed by atoms with E-state index in [1.807, 2.05) is 6.07 Å². The van der Waals surface area contributed by atoms with Crippen LogP contribution in [0.2, 0.25) is 0 Å². The normalized spacial score (nSPS) is 15.9. The van der Waals surface area contributed by atoms with Gasteiger partial charge >= 0.3 is 0 Å². The molecule has 1 aliphatic heterocycles. The molecule has 2 aromatic carbocycles. The van der Waals surface area contributed by atoms with E-state index in [0.717, 1.165) is 61.1 Å². The zero-order valence-corrected chi connectivity index (χ0v) is 16.8. The van der Waals surface area contributed by atoms with Crippen molar-refractivity contribution in [3.8, 4) is 0 Å². The summed E-state index contributed by atoms with van der Waals surface area (Å²) in [5, 5.41) is 13.5. The van der Waals surface area contributed by atoms with Crippen LogP contribution in [0.15, 0.2) is 54.6 Å². The molecule has 0 aliphatic carbocycles. The average Bonchev–Trinajstić information content (AvgIpc) is 3.09. The maximum Gasteiger partial charge on any atom is 0.244 e. The molecule has 3 heterocycles. The first-order valence-corrected chi connectivity index (χ1v) is 10.5. The molecule has 0 amide bonds. The first kappa shape index (κ1) is 18.1. The van der Waals surface area contributed by atoms with Crippen molar-refractivity contribution < 1.29 is 0 Å². The fourth-order valence-corrected chi connectivity index (χ4v) is 4.34. The summed E-state index contributed by atoms with van der Waals surface area (Å²) >= 11 is 0. The highest BCUT2D eigenvalue weighted by molar-refractivity contribution is 6.04. The topological polar surface area (TPSA) is 58.9 Å². The van der Waals surface area contributed by atoms with E-state index in [-0.39, 0.29) is 0 Å². The Balaban J connectivity index is 1.29. The predicted octanol–water partition coefficient (Wildman–Crippen LogP) is 4.08. The highest BCUT2D eigenvalue weighted by atomic mass is 15.3. The van der Waals surface area contributed by atoms with Crippen molar-refractivity contribution >= 4 is 28.0 Å². The van der Waals surface area contributed by atoms with Gasteiger partial charge in [-0.25, -0.2) is 0 Å². The molecule has 1 saturated heterocycles. The number of benzene rings is 2. The summed E-state index contributed by atoms with van der Waals surface area (Å²) in [5.74, 6) is 0.636. The molecule has 1 N–H and O–H groups in total. The van der Waals surface area contributed by atoms with Crippen molar-refractivity contribution in [2.45, 2.75) is 38.9 Å². The number of hydrogen-bond donors (Lipinski definition) is 1. The van der Waals surface area contributed by atoms with Crippen LogP contribution < -0.4 is 5.32 Å². The molecular weight excluding hydrogens is 360 g/mol. The molecule has 1 fully saturated rings. The van der Waals surface area contributed by atoms with Crippen LogP contribution in [-0.4, -0.2) is 43.8 Å². The molecule has 6 heteroatoms.